The molecule has 2 N–H and O–H groups in total. The van der Waals surface area contributed by atoms with Crippen molar-refractivity contribution in [2.24, 2.45) is 0 Å². The molecule has 3 aliphatic rings. The summed E-state index contributed by atoms with van der Waals surface area (Å²) in [7, 11) is 0. The predicted molar refractivity (Wildman–Crippen MR) is 177 cm³/mol. The van der Waals surface area contributed by atoms with Gasteiger partial charge in [0.15, 0.2) is 17.3 Å². The number of morpholine rings is 1. The van der Waals surface area contributed by atoms with E-state index in [0.29, 0.717) is 56.2 Å². The van der Waals surface area contributed by atoms with E-state index in [1.165, 1.54) is 17.2 Å². The Labute approximate surface area is 271 Å². The molecule has 47 heavy (non-hydrogen) atoms. The van der Waals surface area contributed by atoms with Crippen molar-refractivity contribution >= 4 is 39.4 Å². The molecule has 0 unspecified atom stereocenters. The summed E-state index contributed by atoms with van der Waals surface area (Å²) in [4.78, 5) is 44.0. The van der Waals surface area contributed by atoms with Gasteiger partial charge in [-0.25, -0.2) is 9.18 Å². The molecular weight excluding hydrogens is 605 g/mol. The lowest BCUT2D eigenvalue weighted by molar-refractivity contribution is 0.0398. The van der Waals surface area contributed by atoms with Crippen LogP contribution < -0.4 is 20.8 Å². The minimum atomic E-state index is -0.656. The van der Waals surface area contributed by atoms with Crippen LogP contribution in [0.3, 0.4) is 0 Å². The van der Waals surface area contributed by atoms with Gasteiger partial charge in [0.2, 0.25) is 5.43 Å². The van der Waals surface area contributed by atoms with E-state index >= 15 is 4.39 Å². The number of fused-ring (bicyclic) bond motifs is 3. The number of carbonyl (C=O) groups excluding carboxylic acids is 2. The summed E-state index contributed by atoms with van der Waals surface area (Å²) < 4.78 is 34.9. The molecule has 0 saturated carbocycles. The molecule has 0 aliphatic carbocycles. The molecule has 2 amide bonds. The molecule has 7 rings (SSSR count). The quantitative estimate of drug-likeness (QED) is 0.270. The van der Waals surface area contributed by atoms with Crippen molar-refractivity contribution in [2.75, 3.05) is 57.8 Å². The molecule has 12 heteroatoms. The van der Waals surface area contributed by atoms with Crippen molar-refractivity contribution in [1.82, 2.24) is 19.7 Å². The third kappa shape index (κ3) is 6.10. The monoisotopic (exact) mass is 643 g/mol. The molecule has 4 heterocycles. The Morgan fingerprint density at radius 1 is 1.06 bits per heavy atom. The van der Waals surface area contributed by atoms with Crippen LogP contribution in [-0.4, -0.2) is 90.5 Å². The fourth-order valence-electron chi connectivity index (χ4n) is 6.49. The molecule has 11 nitrogen and oxygen atoms in total. The van der Waals surface area contributed by atoms with Crippen molar-refractivity contribution in [3.8, 4) is 17.2 Å². The maximum atomic E-state index is 15.9. The first-order chi connectivity index (χ1) is 22.6. The molecule has 4 aromatic rings. The van der Waals surface area contributed by atoms with Crippen molar-refractivity contribution in [3.05, 3.63) is 70.3 Å². The summed E-state index contributed by atoms with van der Waals surface area (Å²) in [6, 6.07) is 12.5. The fourth-order valence-corrected chi connectivity index (χ4v) is 6.49. The van der Waals surface area contributed by atoms with Crippen molar-refractivity contribution in [3.63, 3.8) is 0 Å². The van der Waals surface area contributed by atoms with Crippen LogP contribution in [0, 0.1) is 5.82 Å². The van der Waals surface area contributed by atoms with Crippen LogP contribution in [0.1, 0.15) is 37.6 Å². The highest BCUT2D eigenvalue weighted by molar-refractivity contribution is 6.02. The topological polar surface area (TPSA) is 114 Å². The van der Waals surface area contributed by atoms with E-state index in [-0.39, 0.29) is 35.0 Å². The highest BCUT2D eigenvalue weighted by atomic mass is 19.1. The lowest BCUT2D eigenvalue weighted by atomic mass is 10.0. The number of nitrogens with zero attached hydrogens (tertiary/aromatic N) is 3. The lowest BCUT2D eigenvalue weighted by Crippen LogP contribution is -2.41. The van der Waals surface area contributed by atoms with Crippen LogP contribution in [0.5, 0.6) is 11.5 Å². The van der Waals surface area contributed by atoms with Gasteiger partial charge in [-0.3, -0.25) is 14.5 Å². The van der Waals surface area contributed by atoms with Crippen LogP contribution in [0.2, 0.25) is 0 Å². The number of likely N-dealkylation sites (tertiary alicyclic amines) is 1. The second-order valence-electron chi connectivity index (χ2n) is 13.2. The van der Waals surface area contributed by atoms with E-state index in [9.17, 15) is 14.4 Å². The van der Waals surface area contributed by atoms with Gasteiger partial charge in [-0.05, 0) is 56.2 Å². The number of anilines is 1. The maximum Gasteiger partial charge on any atom is 0.407 e. The van der Waals surface area contributed by atoms with E-state index in [2.05, 4.69) is 15.5 Å². The molecule has 0 spiro atoms. The molecule has 0 bridgehead atoms. The molecule has 2 fully saturated rings. The minimum absolute atomic E-state index is 0.0449. The van der Waals surface area contributed by atoms with Gasteiger partial charge in [-0.2, -0.15) is 0 Å². The van der Waals surface area contributed by atoms with Gasteiger partial charge in [0.1, 0.15) is 22.4 Å². The molecule has 3 aliphatic heterocycles. The third-order valence-corrected chi connectivity index (χ3v) is 8.75. The summed E-state index contributed by atoms with van der Waals surface area (Å²) in [6.07, 6.45) is 1.48. The number of hydrogen-bond donors (Lipinski definition) is 2. The van der Waals surface area contributed by atoms with Gasteiger partial charge in [-0.15, -0.1) is 0 Å². The van der Waals surface area contributed by atoms with Crippen molar-refractivity contribution in [2.45, 2.75) is 38.8 Å². The third-order valence-electron chi connectivity index (χ3n) is 8.75. The number of benzene rings is 3. The molecule has 1 atom stereocenters. The lowest BCUT2D eigenvalue weighted by Gasteiger charge is -2.28. The molecule has 0 radical (unpaired) electrons. The van der Waals surface area contributed by atoms with Crippen LogP contribution in [0.15, 0.2) is 53.5 Å². The van der Waals surface area contributed by atoms with Gasteiger partial charge < -0.3 is 34.3 Å². The van der Waals surface area contributed by atoms with Gasteiger partial charge >= 0.3 is 6.09 Å². The number of pyridine rings is 1. The number of rotatable bonds is 6. The summed E-state index contributed by atoms with van der Waals surface area (Å²) in [6.45, 7) is 9.96. The number of nitrogens with one attached hydrogen (secondary N) is 2. The number of halogens is 1. The first-order valence-corrected chi connectivity index (χ1v) is 16.0. The maximum absolute atomic E-state index is 15.9. The highest BCUT2D eigenvalue weighted by Gasteiger charge is 2.33. The Morgan fingerprint density at radius 2 is 1.81 bits per heavy atom. The Kier molecular flexibility index (Phi) is 8.01. The van der Waals surface area contributed by atoms with E-state index in [4.69, 9.17) is 14.2 Å². The fraction of sp³-hybridized carbons (Fsp3) is 0.400. The number of aromatic nitrogens is 1. The standard InChI is InChI=1S/C35H38FN5O6/c1-35(2,3)47-34(44)38-23-8-10-40(19-23)33(43)25-20-41-27-16-21-6-4-5-7-22(21)17-28(27)46-32-29(26(36)18-24(30(32)41)31(25)42)37-9-11-39-12-14-45-15-13-39/h4-7,16-18,20,23,37H,8-15,19H2,1-3H3,(H,38,44)/t23-/m1/s1. The smallest absolute Gasteiger partial charge is 0.407 e. The molecular formula is C35H38FN5O6. The van der Waals surface area contributed by atoms with Gasteiger partial charge in [0.05, 0.1) is 30.3 Å². The van der Waals surface area contributed by atoms with Crippen LogP contribution in [-0.2, 0) is 9.47 Å². The number of ether oxygens (including phenoxy) is 3. The van der Waals surface area contributed by atoms with E-state index in [1.807, 2.05) is 36.4 Å². The van der Waals surface area contributed by atoms with Crippen molar-refractivity contribution < 1.29 is 28.2 Å². The summed E-state index contributed by atoms with van der Waals surface area (Å²) >= 11 is 0. The second kappa shape index (κ2) is 12.2. The minimum Gasteiger partial charge on any atom is -0.451 e. The summed E-state index contributed by atoms with van der Waals surface area (Å²) in [5.74, 6) is -0.458. The Bertz CT molecular complexity index is 1950. The zero-order valence-electron chi connectivity index (χ0n) is 26.7. The van der Waals surface area contributed by atoms with E-state index in [1.54, 1.807) is 25.3 Å². The Balaban J connectivity index is 1.26. The first-order valence-electron chi connectivity index (χ1n) is 16.0. The largest absolute Gasteiger partial charge is 0.451 e. The zero-order valence-corrected chi connectivity index (χ0v) is 26.7. The van der Waals surface area contributed by atoms with Gasteiger partial charge in [-0.1, -0.05) is 24.3 Å². The predicted octanol–water partition coefficient (Wildman–Crippen LogP) is 4.87. The molecule has 3 aromatic carbocycles. The summed E-state index contributed by atoms with van der Waals surface area (Å²) in [5, 5.41) is 7.96. The number of amides is 2. The van der Waals surface area contributed by atoms with Gasteiger partial charge in [0.25, 0.3) is 5.91 Å². The normalized spacial score (nSPS) is 17.8. The van der Waals surface area contributed by atoms with Crippen LogP contribution in [0.4, 0.5) is 14.9 Å². The van der Waals surface area contributed by atoms with Crippen LogP contribution in [0.25, 0.3) is 27.4 Å². The summed E-state index contributed by atoms with van der Waals surface area (Å²) in [5.41, 5.74) is -0.154. The van der Waals surface area contributed by atoms with E-state index in [0.717, 1.165) is 23.9 Å². The number of alkyl carbamates (subject to hydrolysis) is 1. The van der Waals surface area contributed by atoms with Crippen molar-refractivity contribution in [1.29, 1.82) is 0 Å². The highest BCUT2D eigenvalue weighted by Crippen LogP contribution is 2.46. The Hall–Kier alpha value is -4.68. The van der Waals surface area contributed by atoms with Gasteiger partial charge in [0, 0.05) is 45.5 Å². The number of carbonyl (C=O) groups is 2. The van der Waals surface area contributed by atoms with Crippen LogP contribution >= 0.6 is 0 Å². The zero-order chi connectivity index (χ0) is 32.9. The average molecular weight is 644 g/mol. The molecule has 246 valence electrons. The Morgan fingerprint density at radius 3 is 2.55 bits per heavy atom. The number of hydrogen-bond acceptors (Lipinski definition) is 8. The second-order valence-corrected chi connectivity index (χ2v) is 13.2. The molecule has 2 saturated heterocycles. The SMILES string of the molecule is CC(C)(C)OC(=O)N[C@@H]1CCN(C(=O)c2cn3c4c(c(NCCN5CCOCC5)c(F)cc4c2=O)Oc2cc4ccccc4cc2-3)C1. The molecule has 1 aromatic heterocycles. The average Bonchev–Trinajstić information content (AvgIpc) is 3.50. The van der Waals surface area contributed by atoms with E-state index < -0.39 is 28.8 Å². The first kappa shape index (κ1) is 30.9.